The zero-order valence-electron chi connectivity index (χ0n) is 12.6. The lowest BCUT2D eigenvalue weighted by atomic mass is 9.96. The topological polar surface area (TPSA) is 32.5 Å². The number of benzene rings is 1. The van der Waals surface area contributed by atoms with E-state index in [1.807, 2.05) is 6.07 Å². The molecule has 2 N–H and O–H groups in total. The fourth-order valence-electron chi connectivity index (χ4n) is 2.97. The van der Waals surface area contributed by atoms with Gasteiger partial charge in [-0.15, -0.1) is 0 Å². The number of nitrogens with two attached hydrogens (primary N) is 1. The predicted molar refractivity (Wildman–Crippen MR) is 81.0 cm³/mol. The highest BCUT2D eigenvalue weighted by molar-refractivity contribution is 5.21. The van der Waals surface area contributed by atoms with Gasteiger partial charge in [0.2, 0.25) is 0 Å². The average molecular weight is 279 g/mol. The maximum Gasteiger partial charge on any atom is 0.128 e. The van der Waals surface area contributed by atoms with E-state index in [1.165, 1.54) is 32.0 Å². The Labute approximate surface area is 121 Å². The highest BCUT2D eigenvalue weighted by Gasteiger charge is 2.20. The molecule has 1 aliphatic rings. The fraction of sp³-hybridized carbons (Fsp3) is 0.625. The zero-order valence-corrected chi connectivity index (χ0v) is 12.6. The van der Waals surface area contributed by atoms with E-state index in [4.69, 9.17) is 5.73 Å². The normalized spacial score (nSPS) is 19.4. The van der Waals surface area contributed by atoms with E-state index in [0.717, 1.165) is 12.5 Å². The smallest absolute Gasteiger partial charge is 0.128 e. The molecule has 1 aliphatic heterocycles. The van der Waals surface area contributed by atoms with E-state index < -0.39 is 0 Å². The van der Waals surface area contributed by atoms with Crippen LogP contribution in [0.15, 0.2) is 24.3 Å². The van der Waals surface area contributed by atoms with E-state index in [-0.39, 0.29) is 11.9 Å². The molecule has 0 amide bonds. The molecule has 1 aromatic carbocycles. The van der Waals surface area contributed by atoms with Gasteiger partial charge in [0.05, 0.1) is 0 Å². The summed E-state index contributed by atoms with van der Waals surface area (Å²) >= 11 is 0. The molecule has 0 aliphatic carbocycles. The predicted octanol–water partition coefficient (Wildman–Crippen LogP) is 2.10. The molecule has 0 spiro atoms. The number of hydrogen-bond donors (Lipinski definition) is 1. The molecule has 1 saturated heterocycles. The maximum atomic E-state index is 13.7. The number of hydrogen-bond acceptors (Lipinski definition) is 3. The quantitative estimate of drug-likeness (QED) is 0.896. The van der Waals surface area contributed by atoms with Crippen LogP contribution >= 0.6 is 0 Å². The van der Waals surface area contributed by atoms with Gasteiger partial charge in [0.25, 0.3) is 0 Å². The molecule has 2 rings (SSSR count). The van der Waals surface area contributed by atoms with Crippen molar-refractivity contribution in [3.05, 3.63) is 35.6 Å². The van der Waals surface area contributed by atoms with E-state index in [2.05, 4.69) is 23.9 Å². The monoisotopic (exact) mass is 279 g/mol. The van der Waals surface area contributed by atoms with Gasteiger partial charge in [-0.25, -0.2) is 4.39 Å². The van der Waals surface area contributed by atoms with Crippen molar-refractivity contribution in [2.75, 3.05) is 40.3 Å². The summed E-state index contributed by atoms with van der Waals surface area (Å²) in [6.07, 6.45) is 2.49. The molecule has 1 unspecified atom stereocenters. The molecule has 3 nitrogen and oxygen atoms in total. The summed E-state index contributed by atoms with van der Waals surface area (Å²) in [6, 6.07) is 6.55. The van der Waals surface area contributed by atoms with Gasteiger partial charge in [-0.1, -0.05) is 18.2 Å². The Kier molecular flexibility index (Phi) is 5.52. The average Bonchev–Trinajstić information content (AvgIpc) is 2.41. The van der Waals surface area contributed by atoms with Crippen molar-refractivity contribution < 1.29 is 4.39 Å². The Bertz CT molecular complexity index is 416. The van der Waals surface area contributed by atoms with Crippen LogP contribution in [0, 0.1) is 11.7 Å². The summed E-state index contributed by atoms with van der Waals surface area (Å²) in [6.45, 7) is 4.11. The number of halogens is 1. The van der Waals surface area contributed by atoms with Gasteiger partial charge in [0.15, 0.2) is 0 Å². The third kappa shape index (κ3) is 4.27. The summed E-state index contributed by atoms with van der Waals surface area (Å²) < 4.78 is 13.7. The highest BCUT2D eigenvalue weighted by atomic mass is 19.1. The van der Waals surface area contributed by atoms with Crippen molar-refractivity contribution in [3.63, 3.8) is 0 Å². The summed E-state index contributed by atoms with van der Waals surface area (Å²) in [7, 11) is 4.26. The standard InChI is InChI=1S/C16H26FN3/c1-19-9-7-13(8-10-19)11-20(2)12-16(18)14-5-3-4-6-15(14)17/h3-6,13,16H,7-12,18H2,1-2H3. The van der Waals surface area contributed by atoms with Crippen LogP contribution in [-0.2, 0) is 0 Å². The van der Waals surface area contributed by atoms with E-state index in [1.54, 1.807) is 12.1 Å². The number of rotatable bonds is 5. The molecule has 0 radical (unpaired) electrons. The third-order valence-corrected chi connectivity index (χ3v) is 4.22. The van der Waals surface area contributed by atoms with Crippen LogP contribution in [0.25, 0.3) is 0 Å². The first-order valence-electron chi connectivity index (χ1n) is 7.43. The molecule has 1 fully saturated rings. The molecule has 1 atom stereocenters. The first kappa shape index (κ1) is 15.4. The SMILES string of the molecule is CN1CCC(CN(C)CC(N)c2ccccc2F)CC1. The van der Waals surface area contributed by atoms with Gasteiger partial charge in [-0.2, -0.15) is 0 Å². The Morgan fingerprint density at radius 1 is 1.35 bits per heavy atom. The lowest BCUT2D eigenvalue weighted by Crippen LogP contribution is -2.38. The van der Waals surface area contributed by atoms with Crippen molar-refractivity contribution >= 4 is 0 Å². The van der Waals surface area contributed by atoms with E-state index in [0.29, 0.717) is 12.1 Å². The van der Waals surface area contributed by atoms with Crippen molar-refractivity contribution in [2.24, 2.45) is 11.7 Å². The summed E-state index contributed by atoms with van der Waals surface area (Å²) in [5, 5.41) is 0. The first-order chi connectivity index (χ1) is 9.56. The van der Waals surface area contributed by atoms with Crippen LogP contribution in [0.5, 0.6) is 0 Å². The van der Waals surface area contributed by atoms with Gasteiger partial charge >= 0.3 is 0 Å². The second kappa shape index (κ2) is 7.16. The van der Waals surface area contributed by atoms with E-state index in [9.17, 15) is 4.39 Å². The molecule has 0 bridgehead atoms. The fourth-order valence-corrected chi connectivity index (χ4v) is 2.97. The molecule has 1 heterocycles. The molecule has 112 valence electrons. The minimum absolute atomic E-state index is 0.201. The molecule has 4 heteroatoms. The lowest BCUT2D eigenvalue weighted by molar-refractivity contribution is 0.172. The summed E-state index contributed by atoms with van der Waals surface area (Å²) in [4.78, 5) is 4.62. The van der Waals surface area contributed by atoms with Crippen molar-refractivity contribution in [1.82, 2.24) is 9.80 Å². The highest BCUT2D eigenvalue weighted by Crippen LogP contribution is 2.19. The number of nitrogens with zero attached hydrogens (tertiary/aromatic N) is 2. The number of likely N-dealkylation sites (tertiary alicyclic amines) is 1. The van der Waals surface area contributed by atoms with Crippen molar-refractivity contribution in [3.8, 4) is 0 Å². The Hall–Kier alpha value is -0.970. The Morgan fingerprint density at radius 3 is 2.65 bits per heavy atom. The second-order valence-electron chi connectivity index (χ2n) is 6.10. The molecule has 1 aromatic rings. The van der Waals surface area contributed by atoms with Gasteiger partial charge in [-0.3, -0.25) is 0 Å². The third-order valence-electron chi connectivity index (χ3n) is 4.22. The maximum absolute atomic E-state index is 13.7. The second-order valence-corrected chi connectivity index (χ2v) is 6.10. The van der Waals surface area contributed by atoms with Crippen LogP contribution in [0.3, 0.4) is 0 Å². The van der Waals surface area contributed by atoms with Crippen LogP contribution in [0.4, 0.5) is 4.39 Å². The van der Waals surface area contributed by atoms with Crippen LogP contribution in [0.1, 0.15) is 24.4 Å². The van der Waals surface area contributed by atoms with Gasteiger partial charge in [0.1, 0.15) is 5.82 Å². The molecular weight excluding hydrogens is 253 g/mol. The van der Waals surface area contributed by atoms with Gasteiger partial charge in [0, 0.05) is 24.7 Å². The molecular formula is C16H26FN3. The first-order valence-corrected chi connectivity index (χ1v) is 7.43. The summed E-state index contributed by atoms with van der Waals surface area (Å²) in [5.74, 6) is 0.539. The largest absolute Gasteiger partial charge is 0.323 e. The van der Waals surface area contributed by atoms with Gasteiger partial charge in [-0.05, 0) is 52.0 Å². The molecule has 0 aromatic heterocycles. The van der Waals surface area contributed by atoms with Crippen LogP contribution in [0.2, 0.25) is 0 Å². The minimum atomic E-state index is -0.257. The Morgan fingerprint density at radius 2 is 2.00 bits per heavy atom. The van der Waals surface area contributed by atoms with Crippen LogP contribution in [-0.4, -0.2) is 50.1 Å². The lowest BCUT2D eigenvalue weighted by Gasteiger charge is -2.32. The van der Waals surface area contributed by atoms with E-state index >= 15 is 0 Å². The van der Waals surface area contributed by atoms with Crippen LogP contribution < -0.4 is 5.73 Å². The zero-order chi connectivity index (χ0) is 14.5. The van der Waals surface area contributed by atoms with Crippen molar-refractivity contribution in [1.29, 1.82) is 0 Å². The van der Waals surface area contributed by atoms with Gasteiger partial charge < -0.3 is 15.5 Å². The molecule has 20 heavy (non-hydrogen) atoms. The molecule has 0 saturated carbocycles. The van der Waals surface area contributed by atoms with Crippen molar-refractivity contribution in [2.45, 2.75) is 18.9 Å². The summed E-state index contributed by atoms with van der Waals surface area (Å²) in [5.41, 5.74) is 6.75. The Balaban J connectivity index is 1.82. The minimum Gasteiger partial charge on any atom is -0.323 e. The number of piperidine rings is 1. The number of likely N-dealkylation sites (N-methyl/N-ethyl adjacent to an activating group) is 1.